The molecule has 0 radical (unpaired) electrons. The third kappa shape index (κ3) is 3.68. The second kappa shape index (κ2) is 6.68. The summed E-state index contributed by atoms with van der Waals surface area (Å²) in [6.45, 7) is 0. The molecule has 2 N–H and O–H groups in total. The van der Waals surface area contributed by atoms with Crippen LogP contribution in [0.1, 0.15) is 23.3 Å². The molecule has 0 unspecified atom stereocenters. The zero-order valence-corrected chi connectivity index (χ0v) is 11.8. The number of benzene rings is 1. The zero-order chi connectivity index (χ0) is 15.2. The van der Waals surface area contributed by atoms with Crippen LogP contribution in [0.25, 0.3) is 10.4 Å². The molecule has 0 saturated carbocycles. The average molecular weight is 300 g/mol. The molecule has 5 nitrogen and oxygen atoms in total. The highest BCUT2D eigenvalue weighted by molar-refractivity contribution is 7.17. The van der Waals surface area contributed by atoms with E-state index in [1.54, 1.807) is 18.2 Å². The van der Waals surface area contributed by atoms with Crippen LogP contribution in [-0.2, 0) is 4.79 Å². The van der Waals surface area contributed by atoms with Gasteiger partial charge in [0.15, 0.2) is 0 Å². The van der Waals surface area contributed by atoms with E-state index in [4.69, 9.17) is 15.6 Å². The van der Waals surface area contributed by atoms with Crippen molar-refractivity contribution < 1.29 is 15.1 Å². The number of nitriles is 1. The molecule has 21 heavy (non-hydrogen) atoms. The Balaban J connectivity index is 2.20. The zero-order valence-electron chi connectivity index (χ0n) is 11.0. The van der Waals surface area contributed by atoms with Crippen LogP contribution in [0.5, 0.6) is 0 Å². The van der Waals surface area contributed by atoms with Crippen LogP contribution in [-0.4, -0.2) is 22.0 Å². The SMILES string of the molecule is N#Cc1ccc(-c2ccc(/C(CCC(=O)O)=N/O)s2)cc1. The molecule has 1 aromatic carbocycles. The van der Waals surface area contributed by atoms with Gasteiger partial charge < -0.3 is 10.3 Å². The molecule has 2 aromatic rings. The first-order chi connectivity index (χ1) is 10.1. The van der Waals surface area contributed by atoms with Gasteiger partial charge >= 0.3 is 5.97 Å². The summed E-state index contributed by atoms with van der Waals surface area (Å²) in [7, 11) is 0. The highest BCUT2D eigenvalue weighted by Gasteiger charge is 2.11. The highest BCUT2D eigenvalue weighted by atomic mass is 32.1. The summed E-state index contributed by atoms with van der Waals surface area (Å²) < 4.78 is 0. The highest BCUT2D eigenvalue weighted by Crippen LogP contribution is 2.29. The minimum Gasteiger partial charge on any atom is -0.481 e. The number of carbonyl (C=O) groups is 1. The minimum absolute atomic E-state index is 0.0799. The quantitative estimate of drug-likeness (QED) is 0.503. The summed E-state index contributed by atoms with van der Waals surface area (Å²) in [6, 6.07) is 12.9. The van der Waals surface area contributed by atoms with Crippen LogP contribution < -0.4 is 0 Å². The third-order valence-corrected chi connectivity index (χ3v) is 4.07. The Morgan fingerprint density at radius 3 is 2.48 bits per heavy atom. The van der Waals surface area contributed by atoms with E-state index in [-0.39, 0.29) is 12.8 Å². The molecule has 0 atom stereocenters. The van der Waals surface area contributed by atoms with Crippen LogP contribution in [0.15, 0.2) is 41.6 Å². The van der Waals surface area contributed by atoms with Gasteiger partial charge in [-0.25, -0.2) is 0 Å². The molecule has 0 bridgehead atoms. The lowest BCUT2D eigenvalue weighted by molar-refractivity contribution is -0.136. The Morgan fingerprint density at radius 2 is 1.90 bits per heavy atom. The van der Waals surface area contributed by atoms with Gasteiger partial charge in [0.05, 0.1) is 28.6 Å². The summed E-state index contributed by atoms with van der Waals surface area (Å²) >= 11 is 1.42. The van der Waals surface area contributed by atoms with Gasteiger partial charge in [0.2, 0.25) is 0 Å². The van der Waals surface area contributed by atoms with Crippen molar-refractivity contribution in [2.75, 3.05) is 0 Å². The molecule has 1 aromatic heterocycles. The number of carboxylic acid groups (broad SMARTS) is 1. The molecular weight excluding hydrogens is 288 g/mol. The summed E-state index contributed by atoms with van der Waals surface area (Å²) in [5.74, 6) is -0.931. The van der Waals surface area contributed by atoms with Gasteiger partial charge in [-0.15, -0.1) is 11.3 Å². The maximum absolute atomic E-state index is 10.6. The molecule has 0 spiro atoms. The lowest BCUT2D eigenvalue weighted by atomic mass is 10.1. The molecule has 6 heteroatoms. The minimum atomic E-state index is -0.931. The van der Waals surface area contributed by atoms with Crippen molar-refractivity contribution in [3.63, 3.8) is 0 Å². The normalized spacial score (nSPS) is 11.1. The van der Waals surface area contributed by atoms with Crippen LogP contribution in [0.4, 0.5) is 0 Å². The van der Waals surface area contributed by atoms with Crippen molar-refractivity contribution in [2.24, 2.45) is 5.16 Å². The Labute approximate surface area is 125 Å². The lowest BCUT2D eigenvalue weighted by Gasteiger charge is -1.99. The number of carboxylic acids is 1. The Bertz CT molecular complexity index is 711. The van der Waals surface area contributed by atoms with Crippen molar-refractivity contribution >= 4 is 23.0 Å². The number of thiophene rings is 1. The first-order valence-corrected chi connectivity index (χ1v) is 6.99. The number of aliphatic carboxylic acids is 1. The molecule has 1 heterocycles. The fourth-order valence-corrected chi connectivity index (χ4v) is 2.83. The summed E-state index contributed by atoms with van der Waals surface area (Å²) in [5.41, 5.74) is 1.91. The molecule has 0 aliphatic rings. The maximum atomic E-state index is 10.6. The van der Waals surface area contributed by atoms with E-state index in [0.29, 0.717) is 11.3 Å². The molecule has 0 saturated heterocycles. The van der Waals surface area contributed by atoms with Crippen LogP contribution >= 0.6 is 11.3 Å². The van der Waals surface area contributed by atoms with E-state index in [9.17, 15) is 4.79 Å². The standard InChI is InChI=1S/C15H12N2O3S/c16-9-10-1-3-11(4-2-10)13-6-7-14(21-13)12(17-20)5-8-15(18)19/h1-4,6-7,20H,5,8H2,(H,18,19)/b17-12+. The van der Waals surface area contributed by atoms with Crippen molar-refractivity contribution in [1.82, 2.24) is 0 Å². The van der Waals surface area contributed by atoms with Gasteiger partial charge in [-0.1, -0.05) is 17.3 Å². The maximum Gasteiger partial charge on any atom is 0.303 e. The molecule has 0 aliphatic heterocycles. The lowest BCUT2D eigenvalue weighted by Crippen LogP contribution is -2.03. The van der Waals surface area contributed by atoms with E-state index in [2.05, 4.69) is 11.2 Å². The second-order valence-corrected chi connectivity index (χ2v) is 5.38. The van der Waals surface area contributed by atoms with Crippen LogP contribution in [0.3, 0.4) is 0 Å². The number of nitrogens with zero attached hydrogens (tertiary/aromatic N) is 2. The van der Waals surface area contributed by atoms with E-state index in [1.807, 2.05) is 18.2 Å². The van der Waals surface area contributed by atoms with Crippen molar-refractivity contribution in [2.45, 2.75) is 12.8 Å². The third-order valence-electron chi connectivity index (χ3n) is 2.89. The van der Waals surface area contributed by atoms with E-state index in [1.165, 1.54) is 11.3 Å². The molecule has 0 amide bonds. The predicted molar refractivity (Wildman–Crippen MR) is 79.7 cm³/mol. The number of hydrogen-bond donors (Lipinski definition) is 2. The van der Waals surface area contributed by atoms with Crippen molar-refractivity contribution in [1.29, 1.82) is 5.26 Å². The Hall–Kier alpha value is -2.65. The van der Waals surface area contributed by atoms with Gasteiger partial charge in [-0.05, 0) is 29.8 Å². The molecule has 106 valence electrons. The van der Waals surface area contributed by atoms with E-state index >= 15 is 0 Å². The molecular formula is C15H12N2O3S. The number of rotatable bonds is 5. The number of hydrogen-bond acceptors (Lipinski definition) is 5. The monoisotopic (exact) mass is 300 g/mol. The van der Waals surface area contributed by atoms with Gasteiger partial charge in [0.25, 0.3) is 0 Å². The van der Waals surface area contributed by atoms with Gasteiger partial charge in [0.1, 0.15) is 0 Å². The molecule has 2 rings (SSSR count). The molecule has 0 aliphatic carbocycles. The first-order valence-electron chi connectivity index (χ1n) is 6.17. The summed E-state index contributed by atoms with van der Waals surface area (Å²) in [6.07, 6.45) is 0.0999. The topological polar surface area (TPSA) is 93.7 Å². The van der Waals surface area contributed by atoms with E-state index in [0.717, 1.165) is 15.3 Å². The predicted octanol–water partition coefficient (Wildman–Crippen LogP) is 3.33. The van der Waals surface area contributed by atoms with Crippen molar-refractivity contribution in [3.8, 4) is 16.5 Å². The van der Waals surface area contributed by atoms with Gasteiger partial charge in [-0.2, -0.15) is 5.26 Å². The Kier molecular flexibility index (Phi) is 4.69. The summed E-state index contributed by atoms with van der Waals surface area (Å²) in [5, 5.41) is 29.6. The van der Waals surface area contributed by atoms with E-state index < -0.39 is 5.97 Å². The fourth-order valence-electron chi connectivity index (χ4n) is 1.80. The van der Waals surface area contributed by atoms with Gasteiger partial charge in [-0.3, -0.25) is 4.79 Å². The largest absolute Gasteiger partial charge is 0.481 e. The Morgan fingerprint density at radius 1 is 1.19 bits per heavy atom. The fraction of sp³-hybridized carbons (Fsp3) is 0.133. The van der Waals surface area contributed by atoms with Gasteiger partial charge in [0, 0.05) is 11.3 Å². The first kappa shape index (κ1) is 14.8. The smallest absolute Gasteiger partial charge is 0.303 e. The van der Waals surface area contributed by atoms with Crippen molar-refractivity contribution in [3.05, 3.63) is 46.8 Å². The summed E-state index contributed by atoms with van der Waals surface area (Å²) in [4.78, 5) is 12.3. The number of oxime groups is 1. The van der Waals surface area contributed by atoms with Crippen LogP contribution in [0, 0.1) is 11.3 Å². The second-order valence-electron chi connectivity index (χ2n) is 4.29. The average Bonchev–Trinajstić information content (AvgIpc) is 2.97. The molecule has 0 fully saturated rings. The van der Waals surface area contributed by atoms with Crippen LogP contribution in [0.2, 0.25) is 0 Å².